The van der Waals surface area contributed by atoms with Crippen LogP contribution in [0.5, 0.6) is 0 Å². The van der Waals surface area contributed by atoms with Crippen LogP contribution in [0, 0.1) is 5.92 Å². The standard InChI is InChI=1S/C15H24O9/c1-2-13(20)12(15(22)24-9-11(19)7-17)4-3-5-14(21)23-8-10(18)6-16/h2,10-12,16-19H,1,3-9H2. The minimum Gasteiger partial charge on any atom is -0.463 e. The number of ketones is 1. The van der Waals surface area contributed by atoms with E-state index in [9.17, 15) is 14.4 Å². The van der Waals surface area contributed by atoms with Crippen LogP contribution in [0.4, 0.5) is 0 Å². The summed E-state index contributed by atoms with van der Waals surface area (Å²) in [6, 6.07) is 0. The van der Waals surface area contributed by atoms with Gasteiger partial charge in [0, 0.05) is 6.42 Å². The maximum Gasteiger partial charge on any atom is 0.316 e. The van der Waals surface area contributed by atoms with Crippen molar-refractivity contribution in [3.05, 3.63) is 12.7 Å². The number of esters is 2. The van der Waals surface area contributed by atoms with Crippen LogP contribution in [0.1, 0.15) is 19.3 Å². The van der Waals surface area contributed by atoms with E-state index in [1.807, 2.05) is 0 Å². The van der Waals surface area contributed by atoms with E-state index in [1.165, 1.54) is 0 Å². The normalized spacial score (nSPS) is 14.3. The number of hydrogen-bond donors (Lipinski definition) is 4. The van der Waals surface area contributed by atoms with Crippen LogP contribution in [-0.4, -0.2) is 76.8 Å². The molecule has 0 aromatic rings. The molecule has 0 aliphatic carbocycles. The van der Waals surface area contributed by atoms with Crippen molar-refractivity contribution in [2.45, 2.75) is 31.5 Å². The molecule has 0 saturated carbocycles. The lowest BCUT2D eigenvalue weighted by atomic mass is 9.97. The molecule has 0 saturated heterocycles. The molecular formula is C15H24O9. The molecule has 0 radical (unpaired) electrons. The first kappa shape index (κ1) is 22.2. The molecule has 9 nitrogen and oxygen atoms in total. The van der Waals surface area contributed by atoms with Crippen LogP contribution in [0.15, 0.2) is 12.7 Å². The number of aliphatic hydroxyl groups is 4. The molecule has 0 fully saturated rings. The number of rotatable bonds is 13. The molecule has 0 amide bonds. The molecule has 9 heteroatoms. The van der Waals surface area contributed by atoms with Crippen LogP contribution < -0.4 is 0 Å². The molecule has 3 unspecified atom stereocenters. The molecule has 24 heavy (non-hydrogen) atoms. The van der Waals surface area contributed by atoms with Gasteiger partial charge < -0.3 is 29.9 Å². The zero-order valence-corrected chi connectivity index (χ0v) is 13.3. The van der Waals surface area contributed by atoms with Crippen molar-refractivity contribution in [3.8, 4) is 0 Å². The van der Waals surface area contributed by atoms with Crippen molar-refractivity contribution in [1.29, 1.82) is 0 Å². The zero-order chi connectivity index (χ0) is 18.5. The maximum absolute atomic E-state index is 11.8. The predicted octanol–water partition coefficient (Wildman–Crippen LogP) is -1.68. The van der Waals surface area contributed by atoms with Crippen molar-refractivity contribution >= 4 is 17.7 Å². The molecule has 0 spiro atoms. The Bertz CT molecular complexity index is 421. The lowest BCUT2D eigenvalue weighted by molar-refractivity contribution is -0.155. The largest absolute Gasteiger partial charge is 0.463 e. The fourth-order valence-electron chi connectivity index (χ4n) is 1.61. The van der Waals surface area contributed by atoms with Gasteiger partial charge in [0.1, 0.15) is 31.3 Å². The van der Waals surface area contributed by atoms with Crippen LogP contribution in [0.2, 0.25) is 0 Å². The van der Waals surface area contributed by atoms with E-state index in [2.05, 4.69) is 11.3 Å². The van der Waals surface area contributed by atoms with Gasteiger partial charge in [-0.3, -0.25) is 14.4 Å². The molecule has 0 rings (SSSR count). The van der Waals surface area contributed by atoms with E-state index in [4.69, 9.17) is 25.2 Å². The Kier molecular flexibility index (Phi) is 11.6. The third kappa shape index (κ3) is 9.36. The van der Waals surface area contributed by atoms with E-state index >= 15 is 0 Å². The van der Waals surface area contributed by atoms with E-state index in [0.29, 0.717) is 0 Å². The number of hydrogen-bond acceptors (Lipinski definition) is 9. The van der Waals surface area contributed by atoms with Crippen molar-refractivity contribution in [3.63, 3.8) is 0 Å². The summed E-state index contributed by atoms with van der Waals surface area (Å²) in [5, 5.41) is 35.4. The zero-order valence-electron chi connectivity index (χ0n) is 13.3. The highest BCUT2D eigenvalue weighted by molar-refractivity contribution is 6.04. The molecule has 4 N–H and O–H groups in total. The van der Waals surface area contributed by atoms with Gasteiger partial charge in [-0.15, -0.1) is 0 Å². The first-order valence-electron chi connectivity index (χ1n) is 7.42. The number of aliphatic hydroxyl groups excluding tert-OH is 4. The molecular weight excluding hydrogens is 324 g/mol. The van der Waals surface area contributed by atoms with E-state index < -0.39 is 55.7 Å². The average Bonchev–Trinajstić information content (AvgIpc) is 2.59. The first-order chi connectivity index (χ1) is 11.3. The smallest absolute Gasteiger partial charge is 0.316 e. The van der Waals surface area contributed by atoms with Crippen molar-refractivity contribution < 1.29 is 44.3 Å². The second-order valence-electron chi connectivity index (χ2n) is 5.04. The van der Waals surface area contributed by atoms with Gasteiger partial charge in [-0.1, -0.05) is 6.58 Å². The maximum atomic E-state index is 11.8. The summed E-state index contributed by atoms with van der Waals surface area (Å²) in [6.07, 6.45) is -1.36. The lowest BCUT2D eigenvalue weighted by Gasteiger charge is -2.15. The van der Waals surface area contributed by atoms with Gasteiger partial charge in [-0.2, -0.15) is 0 Å². The molecule has 0 aromatic heterocycles. The Balaban J connectivity index is 4.34. The van der Waals surface area contributed by atoms with E-state index in [1.54, 1.807) is 0 Å². The molecule has 0 aliphatic rings. The fraction of sp³-hybridized carbons (Fsp3) is 0.667. The lowest BCUT2D eigenvalue weighted by Crippen LogP contribution is -2.29. The fourth-order valence-corrected chi connectivity index (χ4v) is 1.61. The molecule has 0 bridgehead atoms. The highest BCUT2D eigenvalue weighted by Gasteiger charge is 2.26. The van der Waals surface area contributed by atoms with Gasteiger partial charge in [0.2, 0.25) is 0 Å². The summed E-state index contributed by atoms with van der Waals surface area (Å²) in [7, 11) is 0. The molecule has 0 aliphatic heterocycles. The van der Waals surface area contributed by atoms with Gasteiger partial charge in [0.05, 0.1) is 13.2 Å². The minimum absolute atomic E-state index is 0.0105. The monoisotopic (exact) mass is 348 g/mol. The highest BCUT2D eigenvalue weighted by Crippen LogP contribution is 2.14. The van der Waals surface area contributed by atoms with Gasteiger partial charge in [0.25, 0.3) is 0 Å². The third-order valence-corrected chi connectivity index (χ3v) is 2.98. The molecule has 138 valence electrons. The van der Waals surface area contributed by atoms with Crippen molar-refractivity contribution in [1.82, 2.24) is 0 Å². The summed E-state index contributed by atoms with van der Waals surface area (Å²) in [5.74, 6) is -3.26. The molecule has 0 heterocycles. The van der Waals surface area contributed by atoms with Gasteiger partial charge >= 0.3 is 11.9 Å². The minimum atomic E-state index is -1.23. The van der Waals surface area contributed by atoms with E-state index in [-0.39, 0.29) is 25.9 Å². The summed E-state index contributed by atoms with van der Waals surface area (Å²) in [4.78, 5) is 34.9. The summed E-state index contributed by atoms with van der Waals surface area (Å²) in [5.41, 5.74) is 0. The Hall–Kier alpha value is -1.81. The average molecular weight is 348 g/mol. The Morgan fingerprint density at radius 2 is 1.54 bits per heavy atom. The Morgan fingerprint density at radius 1 is 1.00 bits per heavy atom. The number of carbonyl (C=O) groups excluding carboxylic acids is 3. The highest BCUT2D eigenvalue weighted by atomic mass is 16.5. The predicted molar refractivity (Wildman–Crippen MR) is 80.6 cm³/mol. The number of carbonyl (C=O) groups is 3. The second-order valence-corrected chi connectivity index (χ2v) is 5.04. The quantitative estimate of drug-likeness (QED) is 0.174. The summed E-state index contributed by atoms with van der Waals surface area (Å²) in [6.45, 7) is 1.38. The van der Waals surface area contributed by atoms with Gasteiger partial charge in [-0.25, -0.2) is 0 Å². The summed E-state index contributed by atoms with van der Waals surface area (Å²) < 4.78 is 9.42. The Morgan fingerprint density at radius 3 is 2.04 bits per heavy atom. The first-order valence-corrected chi connectivity index (χ1v) is 7.42. The van der Waals surface area contributed by atoms with Crippen molar-refractivity contribution in [2.75, 3.05) is 26.4 Å². The Labute approximate surface area is 139 Å². The number of ether oxygens (including phenoxy) is 2. The summed E-state index contributed by atoms with van der Waals surface area (Å²) >= 11 is 0. The van der Waals surface area contributed by atoms with Crippen LogP contribution >= 0.6 is 0 Å². The topological polar surface area (TPSA) is 151 Å². The van der Waals surface area contributed by atoms with Crippen LogP contribution in [-0.2, 0) is 23.9 Å². The van der Waals surface area contributed by atoms with E-state index in [0.717, 1.165) is 6.08 Å². The van der Waals surface area contributed by atoms with Gasteiger partial charge in [-0.05, 0) is 18.9 Å². The molecule has 3 atom stereocenters. The van der Waals surface area contributed by atoms with Crippen LogP contribution in [0.25, 0.3) is 0 Å². The second kappa shape index (κ2) is 12.6. The van der Waals surface area contributed by atoms with Crippen molar-refractivity contribution in [2.24, 2.45) is 5.92 Å². The third-order valence-electron chi connectivity index (χ3n) is 2.98. The SMILES string of the molecule is C=CC(=O)C(CCCC(=O)OCC(O)CO)C(=O)OCC(O)CO. The number of allylic oxidation sites excluding steroid dienone is 1. The van der Waals surface area contributed by atoms with Crippen LogP contribution in [0.3, 0.4) is 0 Å². The molecule has 0 aromatic carbocycles. The van der Waals surface area contributed by atoms with Gasteiger partial charge in [0.15, 0.2) is 5.78 Å².